The molecule has 1 heterocycles. The summed E-state index contributed by atoms with van der Waals surface area (Å²) in [6, 6.07) is 9.62. The zero-order valence-corrected chi connectivity index (χ0v) is 16.3. The number of carbonyl (C=O) groups is 2. The van der Waals surface area contributed by atoms with Gasteiger partial charge in [0, 0.05) is 24.2 Å². The molecule has 1 aromatic carbocycles. The van der Waals surface area contributed by atoms with Crippen LogP contribution in [-0.4, -0.2) is 62.0 Å². The molecule has 0 aliphatic carbocycles. The Balaban J connectivity index is 1.86. The molecular formula is C19H24FN3O3S. The van der Waals surface area contributed by atoms with E-state index in [2.05, 4.69) is 5.32 Å². The van der Waals surface area contributed by atoms with Gasteiger partial charge < -0.3 is 15.0 Å². The third-order valence-electron chi connectivity index (χ3n) is 3.77. The molecule has 0 aliphatic heterocycles. The lowest BCUT2D eigenvalue weighted by Crippen LogP contribution is -2.42. The number of rotatable bonds is 10. The van der Waals surface area contributed by atoms with Gasteiger partial charge in [-0.05, 0) is 36.7 Å². The van der Waals surface area contributed by atoms with Crippen molar-refractivity contribution in [3.63, 3.8) is 0 Å². The number of nitrogens with one attached hydrogen (secondary N) is 1. The molecule has 0 radical (unpaired) electrons. The van der Waals surface area contributed by atoms with Gasteiger partial charge in [-0.25, -0.2) is 4.39 Å². The number of carbonyl (C=O) groups excluding carboxylic acids is 2. The van der Waals surface area contributed by atoms with Crippen LogP contribution in [0.5, 0.6) is 0 Å². The summed E-state index contributed by atoms with van der Waals surface area (Å²) in [4.78, 5) is 29.2. The van der Waals surface area contributed by atoms with E-state index in [1.807, 2.05) is 17.5 Å². The van der Waals surface area contributed by atoms with Gasteiger partial charge in [0.05, 0.1) is 26.2 Å². The molecule has 1 N–H and O–H groups in total. The maximum Gasteiger partial charge on any atom is 0.238 e. The Kier molecular flexibility index (Phi) is 8.38. The van der Waals surface area contributed by atoms with E-state index in [-0.39, 0.29) is 24.9 Å². The van der Waals surface area contributed by atoms with E-state index in [4.69, 9.17) is 4.74 Å². The second kappa shape index (κ2) is 10.8. The minimum absolute atomic E-state index is 0.0272. The van der Waals surface area contributed by atoms with Crippen LogP contribution in [0.15, 0.2) is 41.8 Å². The first-order valence-corrected chi connectivity index (χ1v) is 9.39. The van der Waals surface area contributed by atoms with Gasteiger partial charge in [-0.15, -0.1) is 11.3 Å². The number of thiophene rings is 1. The van der Waals surface area contributed by atoms with Gasteiger partial charge in [0.15, 0.2) is 0 Å². The molecule has 2 amide bonds. The largest absolute Gasteiger partial charge is 0.383 e. The second-order valence-electron chi connectivity index (χ2n) is 6.12. The highest BCUT2D eigenvalue weighted by atomic mass is 32.1. The van der Waals surface area contributed by atoms with Crippen LogP contribution in [0.1, 0.15) is 4.88 Å². The monoisotopic (exact) mass is 393 g/mol. The Labute approximate surface area is 162 Å². The lowest BCUT2D eigenvalue weighted by atomic mass is 10.3. The maximum absolute atomic E-state index is 13.2. The fraction of sp³-hybridized carbons (Fsp3) is 0.368. The van der Waals surface area contributed by atoms with Crippen LogP contribution in [0, 0.1) is 5.82 Å². The minimum Gasteiger partial charge on any atom is -0.383 e. The van der Waals surface area contributed by atoms with Crippen molar-refractivity contribution in [3.8, 4) is 0 Å². The smallest absolute Gasteiger partial charge is 0.238 e. The predicted molar refractivity (Wildman–Crippen MR) is 104 cm³/mol. The Hall–Kier alpha value is -2.29. The van der Waals surface area contributed by atoms with Crippen molar-refractivity contribution in [2.75, 3.05) is 45.7 Å². The summed E-state index contributed by atoms with van der Waals surface area (Å²) in [5.41, 5.74) is 0.388. The zero-order valence-electron chi connectivity index (χ0n) is 15.5. The Morgan fingerprint density at radius 3 is 2.70 bits per heavy atom. The first kappa shape index (κ1) is 21.0. The van der Waals surface area contributed by atoms with Gasteiger partial charge in [-0.3, -0.25) is 14.5 Å². The summed E-state index contributed by atoms with van der Waals surface area (Å²) in [5.74, 6) is -0.808. The molecule has 27 heavy (non-hydrogen) atoms. The zero-order chi connectivity index (χ0) is 19.6. The van der Waals surface area contributed by atoms with E-state index in [0.29, 0.717) is 25.4 Å². The Morgan fingerprint density at radius 1 is 1.22 bits per heavy atom. The van der Waals surface area contributed by atoms with Gasteiger partial charge in [0.1, 0.15) is 5.82 Å². The van der Waals surface area contributed by atoms with Crippen LogP contribution < -0.4 is 5.32 Å². The SMILES string of the molecule is COCCN(Cc1cccs1)C(=O)CN(C)CC(=O)Nc1cccc(F)c1. The van der Waals surface area contributed by atoms with E-state index in [1.54, 1.807) is 41.4 Å². The van der Waals surface area contributed by atoms with Gasteiger partial charge in [0.25, 0.3) is 0 Å². The molecule has 0 saturated heterocycles. The first-order chi connectivity index (χ1) is 13.0. The lowest BCUT2D eigenvalue weighted by molar-refractivity contribution is -0.133. The number of amides is 2. The molecule has 0 bridgehead atoms. The molecule has 0 atom stereocenters. The van der Waals surface area contributed by atoms with Crippen molar-refractivity contribution < 1.29 is 18.7 Å². The lowest BCUT2D eigenvalue weighted by Gasteiger charge is -2.24. The molecular weight excluding hydrogens is 369 g/mol. The predicted octanol–water partition coefficient (Wildman–Crippen LogP) is 2.43. The average molecular weight is 393 g/mol. The maximum atomic E-state index is 13.2. The third-order valence-corrected chi connectivity index (χ3v) is 4.63. The number of ether oxygens (including phenoxy) is 1. The van der Waals surface area contributed by atoms with Crippen LogP contribution in [0.25, 0.3) is 0 Å². The number of benzene rings is 1. The van der Waals surface area contributed by atoms with Crippen LogP contribution in [-0.2, 0) is 20.9 Å². The summed E-state index contributed by atoms with van der Waals surface area (Å²) in [5, 5.41) is 4.59. The number of hydrogen-bond donors (Lipinski definition) is 1. The van der Waals surface area contributed by atoms with Crippen molar-refractivity contribution in [2.24, 2.45) is 0 Å². The molecule has 0 aliphatic rings. The molecule has 0 spiro atoms. The Bertz CT molecular complexity index is 740. The van der Waals surface area contributed by atoms with Crippen LogP contribution in [0.4, 0.5) is 10.1 Å². The number of hydrogen-bond acceptors (Lipinski definition) is 5. The molecule has 0 fully saturated rings. The van der Waals surface area contributed by atoms with Gasteiger partial charge in [-0.1, -0.05) is 12.1 Å². The van der Waals surface area contributed by atoms with Gasteiger partial charge in [0.2, 0.25) is 11.8 Å². The van der Waals surface area contributed by atoms with Gasteiger partial charge >= 0.3 is 0 Å². The summed E-state index contributed by atoms with van der Waals surface area (Å²) < 4.78 is 18.3. The highest BCUT2D eigenvalue weighted by molar-refractivity contribution is 7.09. The van der Waals surface area contributed by atoms with E-state index in [9.17, 15) is 14.0 Å². The van der Waals surface area contributed by atoms with Crippen molar-refractivity contribution in [3.05, 3.63) is 52.5 Å². The molecule has 0 saturated carbocycles. The van der Waals surface area contributed by atoms with Crippen molar-refractivity contribution in [1.82, 2.24) is 9.80 Å². The summed E-state index contributed by atoms with van der Waals surface area (Å²) in [7, 11) is 3.29. The van der Waals surface area contributed by atoms with Crippen molar-refractivity contribution in [2.45, 2.75) is 6.54 Å². The van der Waals surface area contributed by atoms with Gasteiger partial charge in [-0.2, -0.15) is 0 Å². The number of methoxy groups -OCH3 is 1. The highest BCUT2D eigenvalue weighted by Crippen LogP contribution is 2.12. The molecule has 1 aromatic heterocycles. The molecule has 8 heteroatoms. The summed E-state index contributed by atoms with van der Waals surface area (Å²) in [6.07, 6.45) is 0. The molecule has 146 valence electrons. The fourth-order valence-electron chi connectivity index (χ4n) is 2.48. The normalized spacial score (nSPS) is 10.8. The van der Waals surface area contributed by atoms with Crippen molar-refractivity contribution >= 4 is 28.8 Å². The van der Waals surface area contributed by atoms with Crippen molar-refractivity contribution in [1.29, 1.82) is 0 Å². The van der Waals surface area contributed by atoms with E-state index < -0.39 is 5.82 Å². The third kappa shape index (κ3) is 7.46. The molecule has 0 unspecified atom stereocenters. The average Bonchev–Trinajstić information content (AvgIpc) is 3.11. The molecule has 2 rings (SSSR count). The van der Waals surface area contributed by atoms with Crippen LogP contribution in [0.2, 0.25) is 0 Å². The number of nitrogens with zero attached hydrogens (tertiary/aromatic N) is 2. The number of likely N-dealkylation sites (N-methyl/N-ethyl adjacent to an activating group) is 1. The Morgan fingerprint density at radius 2 is 2.04 bits per heavy atom. The fourth-order valence-corrected chi connectivity index (χ4v) is 3.20. The summed E-state index contributed by atoms with van der Waals surface area (Å²) >= 11 is 1.59. The minimum atomic E-state index is -0.418. The summed E-state index contributed by atoms with van der Waals surface area (Å²) in [6.45, 7) is 1.58. The molecule has 2 aromatic rings. The number of anilines is 1. The quantitative estimate of drug-likeness (QED) is 0.674. The standard InChI is InChI=1S/C19H24FN3O3S/c1-22(13-18(24)21-16-6-3-5-15(20)11-16)14-19(25)23(8-9-26-2)12-17-7-4-10-27-17/h3-7,10-11H,8-9,12-14H2,1-2H3,(H,21,24). The van der Waals surface area contributed by atoms with E-state index >= 15 is 0 Å². The number of halogens is 1. The van der Waals surface area contributed by atoms with E-state index in [1.165, 1.54) is 18.2 Å². The first-order valence-electron chi connectivity index (χ1n) is 8.51. The highest BCUT2D eigenvalue weighted by Gasteiger charge is 2.18. The topological polar surface area (TPSA) is 61.9 Å². The van der Waals surface area contributed by atoms with Crippen LogP contribution >= 0.6 is 11.3 Å². The second-order valence-corrected chi connectivity index (χ2v) is 7.15. The van der Waals surface area contributed by atoms with Crippen LogP contribution in [0.3, 0.4) is 0 Å². The molecule has 6 nitrogen and oxygen atoms in total. The van der Waals surface area contributed by atoms with E-state index in [0.717, 1.165) is 4.88 Å².